The normalized spacial score (nSPS) is 14.8. The monoisotopic (exact) mass is 250 g/mol. The summed E-state index contributed by atoms with van der Waals surface area (Å²) in [6, 6.07) is 5.39. The first-order chi connectivity index (χ1) is 7.63. The maximum Gasteiger partial charge on any atom is 0.414 e. The average Bonchev–Trinajstić information content (AvgIpc) is 2.15. The van der Waals surface area contributed by atoms with Crippen LogP contribution < -0.4 is 0 Å². The Bertz CT molecular complexity index is 384. The lowest BCUT2D eigenvalue weighted by Gasteiger charge is -2.28. The Labute approximate surface area is 97.1 Å². The Balaban J connectivity index is 2.89. The third-order valence-corrected chi connectivity index (χ3v) is 2.69. The third-order valence-electron chi connectivity index (χ3n) is 2.69. The zero-order valence-corrected chi connectivity index (χ0v) is 9.55. The van der Waals surface area contributed by atoms with Gasteiger partial charge in [-0.2, -0.15) is 13.2 Å². The largest absolute Gasteiger partial charge is 0.414 e. The van der Waals surface area contributed by atoms with Crippen molar-refractivity contribution in [3.8, 4) is 0 Å². The Morgan fingerprint density at radius 3 is 2.29 bits per heavy atom. The van der Waals surface area contributed by atoms with Crippen LogP contribution in [0.1, 0.15) is 25.8 Å². The molecule has 0 aliphatic carbocycles. The molecule has 0 radical (unpaired) electrons. The average molecular weight is 250 g/mol. The molecule has 1 N–H and O–H groups in total. The minimum absolute atomic E-state index is 0.431. The predicted molar refractivity (Wildman–Crippen MR) is 56.1 cm³/mol. The molecule has 5 heteroatoms. The van der Waals surface area contributed by atoms with Crippen molar-refractivity contribution in [1.82, 2.24) is 0 Å². The van der Waals surface area contributed by atoms with Gasteiger partial charge in [-0.05, 0) is 29.5 Å². The number of halogens is 4. The molecule has 0 amide bonds. The van der Waals surface area contributed by atoms with Gasteiger partial charge in [0, 0.05) is 0 Å². The molecule has 0 fully saturated rings. The van der Waals surface area contributed by atoms with E-state index in [1.807, 2.05) is 0 Å². The Hall–Kier alpha value is -1.10. The van der Waals surface area contributed by atoms with Crippen LogP contribution in [0.3, 0.4) is 0 Å². The first-order valence-corrected chi connectivity index (χ1v) is 5.14. The summed E-state index contributed by atoms with van der Waals surface area (Å²) in [7, 11) is 0. The van der Waals surface area contributed by atoms with Gasteiger partial charge in [-0.15, -0.1) is 0 Å². The molecule has 0 heterocycles. The van der Waals surface area contributed by atoms with Gasteiger partial charge in [0.2, 0.25) is 0 Å². The molecule has 0 aliphatic rings. The number of hydrogen-bond donors (Lipinski definition) is 1. The molecule has 1 nitrogen and oxygen atoms in total. The van der Waals surface area contributed by atoms with E-state index in [-0.39, 0.29) is 0 Å². The molecule has 0 saturated heterocycles. The number of aliphatic hydroxyl groups is 1. The summed E-state index contributed by atoms with van der Waals surface area (Å²) in [5, 5.41) is 9.03. The van der Waals surface area contributed by atoms with Gasteiger partial charge in [0.25, 0.3) is 0 Å². The van der Waals surface area contributed by atoms with Crippen LogP contribution in [-0.4, -0.2) is 17.4 Å². The minimum Gasteiger partial charge on any atom is -0.384 e. The zero-order valence-electron chi connectivity index (χ0n) is 9.55. The van der Waals surface area contributed by atoms with Gasteiger partial charge in [-0.25, -0.2) is 4.39 Å². The van der Waals surface area contributed by atoms with Gasteiger partial charge in [0.15, 0.2) is 6.10 Å². The fourth-order valence-corrected chi connectivity index (χ4v) is 1.63. The number of aliphatic hydroxyl groups excluding tert-OH is 1. The molecule has 0 aliphatic heterocycles. The highest BCUT2D eigenvalue weighted by Gasteiger charge is 2.41. The zero-order chi connectivity index (χ0) is 13.3. The molecule has 0 spiro atoms. The number of rotatable bonds is 3. The van der Waals surface area contributed by atoms with Gasteiger partial charge < -0.3 is 5.11 Å². The molecule has 1 aromatic carbocycles. The Morgan fingerprint density at radius 1 is 1.24 bits per heavy atom. The molecule has 0 bridgehead atoms. The molecule has 1 unspecified atom stereocenters. The summed E-state index contributed by atoms with van der Waals surface area (Å²) < 4.78 is 49.7. The quantitative estimate of drug-likeness (QED) is 0.815. The van der Waals surface area contributed by atoms with E-state index in [1.165, 1.54) is 32.0 Å². The van der Waals surface area contributed by atoms with Crippen LogP contribution in [0.25, 0.3) is 0 Å². The molecule has 1 aromatic rings. The van der Waals surface area contributed by atoms with Crippen molar-refractivity contribution in [3.05, 3.63) is 35.6 Å². The lowest BCUT2D eigenvalue weighted by molar-refractivity contribution is -0.208. The predicted octanol–water partition coefficient (Wildman–Crippen LogP) is 3.42. The van der Waals surface area contributed by atoms with Gasteiger partial charge in [0.05, 0.1) is 0 Å². The third kappa shape index (κ3) is 3.70. The van der Waals surface area contributed by atoms with E-state index in [0.29, 0.717) is 5.56 Å². The van der Waals surface area contributed by atoms with Crippen LogP contribution in [0.4, 0.5) is 17.6 Å². The maximum absolute atomic E-state index is 13.0. The minimum atomic E-state index is -4.65. The molecular weight excluding hydrogens is 236 g/mol. The standard InChI is InChI=1S/C12H14F4O/c1-11(2,7-10(17)12(14,15)16)8-4-3-5-9(13)6-8/h3-6,10,17H,7H2,1-2H3. The Morgan fingerprint density at radius 2 is 1.82 bits per heavy atom. The summed E-state index contributed by atoms with van der Waals surface area (Å²) in [5.74, 6) is -0.503. The van der Waals surface area contributed by atoms with Crippen molar-refractivity contribution in [2.45, 2.75) is 38.0 Å². The van der Waals surface area contributed by atoms with Crippen LogP contribution in [0.2, 0.25) is 0 Å². The van der Waals surface area contributed by atoms with E-state index in [2.05, 4.69) is 0 Å². The van der Waals surface area contributed by atoms with Gasteiger partial charge >= 0.3 is 6.18 Å². The van der Waals surface area contributed by atoms with E-state index < -0.39 is 29.9 Å². The lowest BCUT2D eigenvalue weighted by Crippen LogP contribution is -2.35. The number of benzene rings is 1. The maximum atomic E-state index is 13.0. The number of alkyl halides is 3. The smallest absolute Gasteiger partial charge is 0.384 e. The van der Waals surface area contributed by atoms with E-state index in [9.17, 15) is 17.6 Å². The second kappa shape index (κ2) is 4.64. The Kier molecular flexibility index (Phi) is 3.81. The molecule has 96 valence electrons. The highest BCUT2D eigenvalue weighted by molar-refractivity contribution is 5.24. The van der Waals surface area contributed by atoms with Crippen molar-refractivity contribution >= 4 is 0 Å². The SMILES string of the molecule is CC(C)(CC(O)C(F)(F)F)c1cccc(F)c1. The topological polar surface area (TPSA) is 20.2 Å². The second-order valence-electron chi connectivity index (χ2n) is 4.66. The van der Waals surface area contributed by atoms with Crippen molar-refractivity contribution in [3.63, 3.8) is 0 Å². The summed E-state index contributed by atoms with van der Waals surface area (Å²) >= 11 is 0. The van der Waals surface area contributed by atoms with Gasteiger partial charge in [0.1, 0.15) is 5.82 Å². The van der Waals surface area contributed by atoms with Crippen LogP contribution in [0.5, 0.6) is 0 Å². The summed E-state index contributed by atoms with van der Waals surface area (Å²) in [6.07, 6.45) is -7.55. The summed E-state index contributed by atoms with van der Waals surface area (Å²) in [4.78, 5) is 0. The van der Waals surface area contributed by atoms with Crippen LogP contribution in [0, 0.1) is 5.82 Å². The lowest BCUT2D eigenvalue weighted by atomic mass is 9.79. The molecule has 1 rings (SSSR count). The van der Waals surface area contributed by atoms with Crippen molar-refractivity contribution < 1.29 is 22.7 Å². The van der Waals surface area contributed by atoms with Crippen LogP contribution >= 0.6 is 0 Å². The fourth-order valence-electron chi connectivity index (χ4n) is 1.63. The summed E-state index contributed by atoms with van der Waals surface area (Å²) in [6.45, 7) is 3.08. The summed E-state index contributed by atoms with van der Waals surface area (Å²) in [5.41, 5.74) is -0.516. The molecule has 0 saturated carbocycles. The van der Waals surface area contributed by atoms with E-state index >= 15 is 0 Å². The first kappa shape index (κ1) is 14.0. The van der Waals surface area contributed by atoms with E-state index in [0.717, 1.165) is 0 Å². The van der Waals surface area contributed by atoms with E-state index in [4.69, 9.17) is 5.11 Å². The molecule has 17 heavy (non-hydrogen) atoms. The number of hydrogen-bond acceptors (Lipinski definition) is 1. The van der Waals surface area contributed by atoms with Gasteiger partial charge in [-0.3, -0.25) is 0 Å². The molecule has 0 aromatic heterocycles. The van der Waals surface area contributed by atoms with Crippen molar-refractivity contribution in [2.24, 2.45) is 0 Å². The second-order valence-corrected chi connectivity index (χ2v) is 4.66. The first-order valence-electron chi connectivity index (χ1n) is 5.14. The van der Waals surface area contributed by atoms with Crippen LogP contribution in [-0.2, 0) is 5.41 Å². The van der Waals surface area contributed by atoms with Crippen molar-refractivity contribution in [2.75, 3.05) is 0 Å². The van der Waals surface area contributed by atoms with Crippen LogP contribution in [0.15, 0.2) is 24.3 Å². The van der Waals surface area contributed by atoms with Crippen molar-refractivity contribution in [1.29, 1.82) is 0 Å². The van der Waals surface area contributed by atoms with Gasteiger partial charge in [-0.1, -0.05) is 26.0 Å². The fraction of sp³-hybridized carbons (Fsp3) is 0.500. The highest BCUT2D eigenvalue weighted by atomic mass is 19.4. The molecular formula is C12H14F4O. The van der Waals surface area contributed by atoms with E-state index in [1.54, 1.807) is 6.07 Å². The molecule has 1 atom stereocenters. The highest BCUT2D eigenvalue weighted by Crippen LogP contribution is 2.33.